The maximum absolute atomic E-state index is 6.24. The minimum absolute atomic E-state index is 0.696. The first kappa shape index (κ1) is 18.5. The van der Waals surface area contributed by atoms with Gasteiger partial charge in [-0.3, -0.25) is 0 Å². The molecule has 2 nitrogen and oxygen atoms in total. The maximum atomic E-state index is 6.24. The second-order valence-electron chi connectivity index (χ2n) is 5.85. The summed E-state index contributed by atoms with van der Waals surface area (Å²) in [6.45, 7) is 0. The molecule has 0 aliphatic heterocycles. The minimum atomic E-state index is 0.696. The molecule has 0 saturated carbocycles. The lowest BCUT2D eigenvalue weighted by Gasteiger charge is -2.04. The molecule has 0 bridgehead atoms. The Labute approximate surface area is 176 Å². The number of halogens is 2. The molecule has 0 fully saturated rings. The lowest BCUT2D eigenvalue weighted by atomic mass is 10.0. The van der Waals surface area contributed by atoms with Crippen LogP contribution >= 0.6 is 46.3 Å². The minimum Gasteiger partial charge on any atom is -0.137 e. The van der Waals surface area contributed by atoms with Crippen LogP contribution in [0.5, 0.6) is 0 Å². The fourth-order valence-electron chi connectivity index (χ4n) is 2.62. The summed E-state index contributed by atoms with van der Waals surface area (Å²) in [5.74, 6) is 0.840. The zero-order chi connectivity index (χ0) is 18.6. The molecule has 0 aliphatic rings. The number of thioether (sulfide) groups is 1. The van der Waals surface area contributed by atoms with Gasteiger partial charge in [-0.15, -0.1) is 10.2 Å². The van der Waals surface area contributed by atoms with Crippen LogP contribution in [0.1, 0.15) is 5.56 Å². The second kappa shape index (κ2) is 8.44. The van der Waals surface area contributed by atoms with Gasteiger partial charge in [-0.1, -0.05) is 101 Å². The summed E-state index contributed by atoms with van der Waals surface area (Å²) in [5.41, 5.74) is 4.44. The number of nitrogens with zero attached hydrogens (tertiary/aromatic N) is 2. The highest BCUT2D eigenvalue weighted by Crippen LogP contribution is 2.34. The fourth-order valence-corrected chi connectivity index (χ4v) is 4.94. The molecule has 134 valence electrons. The Hall–Kier alpha value is -1.85. The molecule has 1 aromatic heterocycles. The van der Waals surface area contributed by atoms with E-state index in [1.807, 2.05) is 42.5 Å². The van der Waals surface area contributed by atoms with Crippen LogP contribution in [-0.2, 0) is 5.75 Å². The van der Waals surface area contributed by atoms with Crippen LogP contribution in [0, 0.1) is 0 Å². The molecule has 0 saturated heterocycles. The van der Waals surface area contributed by atoms with Gasteiger partial charge in [0.15, 0.2) is 4.34 Å². The molecule has 6 heteroatoms. The lowest BCUT2D eigenvalue weighted by molar-refractivity contribution is 1.01. The summed E-state index contributed by atoms with van der Waals surface area (Å²) >= 11 is 15.6. The molecule has 0 N–H and O–H groups in total. The Morgan fingerprint density at radius 1 is 0.815 bits per heavy atom. The molecule has 4 rings (SSSR count). The average molecular weight is 429 g/mol. The van der Waals surface area contributed by atoms with Crippen LogP contribution in [0.25, 0.3) is 21.7 Å². The van der Waals surface area contributed by atoms with Crippen molar-refractivity contribution >= 4 is 46.3 Å². The van der Waals surface area contributed by atoms with Gasteiger partial charge >= 0.3 is 0 Å². The van der Waals surface area contributed by atoms with E-state index < -0.39 is 0 Å². The van der Waals surface area contributed by atoms with Crippen molar-refractivity contribution in [3.05, 3.63) is 88.4 Å². The Morgan fingerprint density at radius 3 is 2.41 bits per heavy atom. The van der Waals surface area contributed by atoms with Crippen molar-refractivity contribution in [3.8, 4) is 21.7 Å². The van der Waals surface area contributed by atoms with E-state index in [-0.39, 0.29) is 0 Å². The zero-order valence-electron chi connectivity index (χ0n) is 14.1. The summed E-state index contributed by atoms with van der Waals surface area (Å²) in [6, 6.07) is 24.1. The third-order valence-corrected chi connectivity index (χ3v) is 6.71. The number of aromatic nitrogens is 2. The van der Waals surface area contributed by atoms with Gasteiger partial charge in [0.25, 0.3) is 0 Å². The number of benzene rings is 3. The standard InChI is InChI=1S/C21H14Cl2N2S2/c22-17-5-3-4-16(12-17)15-10-8-14(9-11-15)13-26-21-25-24-20(27-21)18-6-1-2-7-19(18)23/h1-12H,13H2. The molecule has 0 spiro atoms. The third-order valence-electron chi connectivity index (χ3n) is 3.98. The van der Waals surface area contributed by atoms with Crippen LogP contribution in [0.4, 0.5) is 0 Å². The van der Waals surface area contributed by atoms with E-state index in [1.165, 1.54) is 5.56 Å². The summed E-state index contributed by atoms with van der Waals surface area (Å²) in [4.78, 5) is 0. The summed E-state index contributed by atoms with van der Waals surface area (Å²) in [6.07, 6.45) is 0. The Balaban J connectivity index is 1.43. The molecule has 0 aliphatic carbocycles. The summed E-state index contributed by atoms with van der Waals surface area (Å²) in [7, 11) is 0. The van der Waals surface area contributed by atoms with E-state index in [4.69, 9.17) is 23.2 Å². The molecule has 3 aromatic carbocycles. The van der Waals surface area contributed by atoms with Gasteiger partial charge < -0.3 is 0 Å². The molecule has 4 aromatic rings. The van der Waals surface area contributed by atoms with Crippen LogP contribution in [-0.4, -0.2) is 10.2 Å². The molecular weight excluding hydrogens is 415 g/mol. The highest BCUT2D eigenvalue weighted by atomic mass is 35.5. The summed E-state index contributed by atoms with van der Waals surface area (Å²) < 4.78 is 0.934. The lowest BCUT2D eigenvalue weighted by Crippen LogP contribution is -1.82. The van der Waals surface area contributed by atoms with Crippen molar-refractivity contribution in [2.75, 3.05) is 0 Å². The number of hydrogen-bond acceptors (Lipinski definition) is 4. The van der Waals surface area contributed by atoms with Crippen molar-refractivity contribution in [1.82, 2.24) is 10.2 Å². The van der Waals surface area contributed by atoms with Gasteiger partial charge in [-0.05, 0) is 34.9 Å². The predicted molar refractivity (Wildman–Crippen MR) is 117 cm³/mol. The van der Waals surface area contributed by atoms with E-state index in [2.05, 4.69) is 40.5 Å². The first-order chi connectivity index (χ1) is 13.2. The number of rotatable bonds is 5. The predicted octanol–water partition coefficient (Wildman–Crippen LogP) is 7.47. The van der Waals surface area contributed by atoms with E-state index >= 15 is 0 Å². The smallest absolute Gasteiger partial charge is 0.137 e. The van der Waals surface area contributed by atoms with E-state index in [0.29, 0.717) is 5.02 Å². The van der Waals surface area contributed by atoms with Gasteiger partial charge in [-0.2, -0.15) is 0 Å². The monoisotopic (exact) mass is 428 g/mol. The van der Waals surface area contributed by atoms with E-state index in [9.17, 15) is 0 Å². The van der Waals surface area contributed by atoms with Crippen molar-refractivity contribution in [2.24, 2.45) is 0 Å². The topological polar surface area (TPSA) is 25.8 Å². The quantitative estimate of drug-likeness (QED) is 0.308. The van der Waals surface area contributed by atoms with Crippen LogP contribution in [0.15, 0.2) is 77.1 Å². The first-order valence-corrected chi connectivity index (χ1v) is 10.8. The second-order valence-corrected chi connectivity index (χ2v) is 8.89. The molecular formula is C21H14Cl2N2S2. The van der Waals surface area contributed by atoms with Crippen molar-refractivity contribution in [2.45, 2.75) is 10.1 Å². The number of hydrogen-bond donors (Lipinski definition) is 0. The van der Waals surface area contributed by atoms with Crippen molar-refractivity contribution in [3.63, 3.8) is 0 Å². The molecule has 0 unspecified atom stereocenters. The van der Waals surface area contributed by atoms with Gasteiger partial charge in [0.2, 0.25) is 0 Å². The molecule has 0 atom stereocenters. The van der Waals surface area contributed by atoms with E-state index in [0.717, 1.165) is 36.8 Å². The maximum Gasteiger partial charge on any atom is 0.174 e. The summed E-state index contributed by atoms with van der Waals surface area (Å²) in [5, 5.41) is 10.8. The largest absolute Gasteiger partial charge is 0.174 e. The highest BCUT2D eigenvalue weighted by molar-refractivity contribution is 8.00. The normalized spacial score (nSPS) is 10.9. The Morgan fingerprint density at radius 2 is 1.63 bits per heavy atom. The Bertz CT molecular complexity index is 1060. The fraction of sp³-hybridized carbons (Fsp3) is 0.0476. The highest BCUT2D eigenvalue weighted by Gasteiger charge is 2.10. The molecule has 0 radical (unpaired) electrons. The van der Waals surface area contributed by atoms with Crippen LogP contribution in [0.3, 0.4) is 0 Å². The third kappa shape index (κ3) is 4.53. The van der Waals surface area contributed by atoms with Crippen LogP contribution in [0.2, 0.25) is 10.0 Å². The Kier molecular flexibility index (Phi) is 5.79. The van der Waals surface area contributed by atoms with Gasteiger partial charge in [0.05, 0.1) is 5.02 Å². The molecule has 27 heavy (non-hydrogen) atoms. The molecule has 0 amide bonds. The van der Waals surface area contributed by atoms with Crippen molar-refractivity contribution < 1.29 is 0 Å². The van der Waals surface area contributed by atoms with Gasteiger partial charge in [-0.25, -0.2) is 0 Å². The van der Waals surface area contributed by atoms with Gasteiger partial charge in [0.1, 0.15) is 5.01 Å². The SMILES string of the molecule is Clc1cccc(-c2ccc(CSc3nnc(-c4ccccc4Cl)s3)cc2)c1. The van der Waals surface area contributed by atoms with Crippen LogP contribution < -0.4 is 0 Å². The first-order valence-electron chi connectivity index (χ1n) is 8.25. The molecule has 1 heterocycles. The average Bonchev–Trinajstić information content (AvgIpc) is 3.16. The van der Waals surface area contributed by atoms with Crippen molar-refractivity contribution in [1.29, 1.82) is 0 Å². The zero-order valence-corrected chi connectivity index (χ0v) is 17.2. The van der Waals surface area contributed by atoms with E-state index in [1.54, 1.807) is 23.1 Å². The van der Waals surface area contributed by atoms with Gasteiger partial charge in [0, 0.05) is 16.3 Å².